The molecule has 0 bridgehead atoms. The van der Waals surface area contributed by atoms with E-state index in [4.69, 9.17) is 9.47 Å². The van der Waals surface area contributed by atoms with E-state index in [1.807, 2.05) is 6.92 Å². The molecule has 31 heavy (non-hydrogen) atoms. The van der Waals surface area contributed by atoms with E-state index in [9.17, 15) is 22.8 Å². The largest absolute Gasteiger partial charge is 0.492 e. The Morgan fingerprint density at radius 2 is 1.84 bits per heavy atom. The number of thiazole rings is 1. The van der Waals surface area contributed by atoms with Crippen molar-refractivity contribution in [2.24, 2.45) is 4.99 Å². The molecular formula is C21H19F3N2O4S. The summed E-state index contributed by atoms with van der Waals surface area (Å²) < 4.78 is 51.8. The van der Waals surface area contributed by atoms with Crippen molar-refractivity contribution < 1.29 is 32.2 Å². The lowest BCUT2D eigenvalue weighted by molar-refractivity contribution is -0.143. The molecule has 10 heteroatoms. The molecule has 6 nitrogen and oxygen atoms in total. The van der Waals surface area contributed by atoms with E-state index in [0.29, 0.717) is 22.6 Å². The van der Waals surface area contributed by atoms with Gasteiger partial charge >= 0.3 is 12.1 Å². The predicted octanol–water partition coefficient (Wildman–Crippen LogP) is 4.42. The first-order valence-corrected chi connectivity index (χ1v) is 10.2. The molecule has 0 N–H and O–H groups in total. The highest BCUT2D eigenvalue weighted by atomic mass is 32.1. The third kappa shape index (κ3) is 5.13. The minimum absolute atomic E-state index is 0.151. The molecule has 1 aromatic heterocycles. The number of fused-ring (bicyclic) bond motifs is 1. The van der Waals surface area contributed by atoms with Gasteiger partial charge in [-0.1, -0.05) is 23.5 Å². The van der Waals surface area contributed by atoms with Crippen molar-refractivity contribution in [3.63, 3.8) is 0 Å². The van der Waals surface area contributed by atoms with Crippen LogP contribution in [0.15, 0.2) is 47.5 Å². The van der Waals surface area contributed by atoms with Gasteiger partial charge in [0.2, 0.25) is 0 Å². The standard InChI is InChI=1S/C21H19F3N2O4S/c1-3-29-15-9-6-10-16-18(15)26(12-17(27)30-4-2)20(31-16)25-19(28)13-7-5-8-14(11-13)21(22,23)24/h5-11H,3-4,12H2,1-2H3. The molecular weight excluding hydrogens is 433 g/mol. The van der Waals surface area contributed by atoms with Crippen molar-refractivity contribution in [1.82, 2.24) is 4.57 Å². The molecule has 0 saturated carbocycles. The molecule has 3 rings (SSSR count). The van der Waals surface area contributed by atoms with E-state index >= 15 is 0 Å². The molecule has 0 aliphatic heterocycles. The molecule has 1 heterocycles. The second-order valence-electron chi connectivity index (χ2n) is 6.31. The fourth-order valence-corrected chi connectivity index (χ4v) is 3.96. The topological polar surface area (TPSA) is 69.9 Å². The summed E-state index contributed by atoms with van der Waals surface area (Å²) in [7, 11) is 0. The normalized spacial score (nSPS) is 12.2. The summed E-state index contributed by atoms with van der Waals surface area (Å²) >= 11 is 1.12. The Kier molecular flexibility index (Phi) is 6.79. The van der Waals surface area contributed by atoms with Gasteiger partial charge in [0.15, 0.2) is 4.80 Å². The van der Waals surface area contributed by atoms with Crippen molar-refractivity contribution >= 4 is 33.4 Å². The number of hydrogen-bond donors (Lipinski definition) is 0. The third-order valence-corrected chi connectivity index (χ3v) is 5.23. The molecule has 2 aromatic carbocycles. The second kappa shape index (κ2) is 9.34. The molecule has 0 aliphatic rings. The first-order valence-electron chi connectivity index (χ1n) is 9.41. The third-order valence-electron chi connectivity index (χ3n) is 4.19. The number of amides is 1. The van der Waals surface area contributed by atoms with Crippen molar-refractivity contribution in [2.75, 3.05) is 13.2 Å². The van der Waals surface area contributed by atoms with Crippen molar-refractivity contribution in [3.05, 3.63) is 58.4 Å². The van der Waals surface area contributed by atoms with Crippen LogP contribution < -0.4 is 9.54 Å². The Morgan fingerprint density at radius 1 is 1.10 bits per heavy atom. The monoisotopic (exact) mass is 452 g/mol. The van der Waals surface area contributed by atoms with Gasteiger partial charge in [-0.25, -0.2) is 0 Å². The smallest absolute Gasteiger partial charge is 0.416 e. The fourth-order valence-electron chi connectivity index (χ4n) is 2.92. The number of para-hydroxylation sites is 1. The van der Waals surface area contributed by atoms with Crippen LogP contribution in [0.1, 0.15) is 29.8 Å². The van der Waals surface area contributed by atoms with E-state index in [0.717, 1.165) is 29.5 Å². The Balaban J connectivity index is 2.14. The Labute approximate surface area is 179 Å². The first-order chi connectivity index (χ1) is 14.7. The lowest BCUT2D eigenvalue weighted by Crippen LogP contribution is -2.23. The zero-order chi connectivity index (χ0) is 22.6. The predicted molar refractivity (Wildman–Crippen MR) is 109 cm³/mol. The van der Waals surface area contributed by atoms with Gasteiger partial charge in [0.1, 0.15) is 17.8 Å². The number of benzene rings is 2. The molecule has 0 atom stereocenters. The van der Waals surface area contributed by atoms with Crippen LogP contribution in [0.2, 0.25) is 0 Å². The Morgan fingerprint density at radius 3 is 2.52 bits per heavy atom. The highest BCUT2D eigenvalue weighted by Crippen LogP contribution is 2.30. The summed E-state index contributed by atoms with van der Waals surface area (Å²) in [6, 6.07) is 9.30. The number of halogens is 3. The molecule has 3 aromatic rings. The van der Waals surface area contributed by atoms with Gasteiger partial charge in [-0.3, -0.25) is 9.59 Å². The van der Waals surface area contributed by atoms with E-state index in [2.05, 4.69) is 4.99 Å². The number of carbonyl (C=O) groups is 2. The number of esters is 1. The minimum Gasteiger partial charge on any atom is -0.492 e. The molecule has 0 spiro atoms. The lowest BCUT2D eigenvalue weighted by Gasteiger charge is -2.09. The Bertz CT molecular complexity index is 1180. The van der Waals surface area contributed by atoms with E-state index in [-0.39, 0.29) is 23.5 Å². The van der Waals surface area contributed by atoms with E-state index in [1.54, 1.807) is 25.1 Å². The number of nitrogens with zero attached hydrogens (tertiary/aromatic N) is 2. The summed E-state index contributed by atoms with van der Waals surface area (Å²) in [5.41, 5.74) is -0.596. The van der Waals surface area contributed by atoms with Crippen LogP contribution in [-0.4, -0.2) is 29.7 Å². The summed E-state index contributed by atoms with van der Waals surface area (Å²) in [6.07, 6.45) is -4.58. The van der Waals surface area contributed by atoms with Crippen molar-refractivity contribution in [1.29, 1.82) is 0 Å². The quantitative estimate of drug-likeness (QED) is 0.519. The zero-order valence-corrected chi connectivity index (χ0v) is 17.5. The average molecular weight is 452 g/mol. The van der Waals surface area contributed by atoms with Crippen LogP contribution in [0, 0.1) is 0 Å². The van der Waals surface area contributed by atoms with Crippen LogP contribution in [0.3, 0.4) is 0 Å². The highest BCUT2D eigenvalue weighted by Gasteiger charge is 2.31. The number of rotatable bonds is 6. The van der Waals surface area contributed by atoms with Gasteiger partial charge < -0.3 is 14.0 Å². The van der Waals surface area contributed by atoms with Crippen molar-refractivity contribution in [2.45, 2.75) is 26.6 Å². The minimum atomic E-state index is -4.58. The number of alkyl halides is 3. The molecule has 164 valence electrons. The summed E-state index contributed by atoms with van der Waals surface area (Å²) in [6.45, 7) is 3.80. The average Bonchev–Trinajstić information content (AvgIpc) is 3.05. The van der Waals surface area contributed by atoms with E-state index < -0.39 is 23.6 Å². The van der Waals surface area contributed by atoms with E-state index in [1.165, 1.54) is 10.6 Å². The zero-order valence-electron chi connectivity index (χ0n) is 16.7. The second-order valence-corrected chi connectivity index (χ2v) is 7.32. The number of aromatic nitrogens is 1. The first kappa shape index (κ1) is 22.5. The van der Waals surface area contributed by atoms with Gasteiger partial charge in [0.05, 0.1) is 23.5 Å². The summed E-state index contributed by atoms with van der Waals surface area (Å²) in [5, 5.41) is 0. The van der Waals surface area contributed by atoms with Crippen LogP contribution in [0.5, 0.6) is 5.75 Å². The number of hydrogen-bond acceptors (Lipinski definition) is 5. The lowest BCUT2D eigenvalue weighted by atomic mass is 10.1. The van der Waals surface area contributed by atoms with Crippen LogP contribution in [0.25, 0.3) is 10.2 Å². The molecule has 0 fully saturated rings. The SMILES string of the molecule is CCOC(=O)Cn1c(=NC(=O)c2cccc(C(F)(F)F)c2)sc2cccc(OCC)c21. The van der Waals surface area contributed by atoms with Gasteiger partial charge in [0.25, 0.3) is 5.91 Å². The molecule has 0 aliphatic carbocycles. The molecule has 1 amide bonds. The van der Waals surface area contributed by atoms with Gasteiger partial charge in [-0.05, 0) is 44.2 Å². The van der Waals surface area contributed by atoms with Gasteiger partial charge in [0, 0.05) is 5.56 Å². The number of carbonyl (C=O) groups excluding carboxylic acids is 2. The van der Waals surface area contributed by atoms with Crippen molar-refractivity contribution in [3.8, 4) is 5.75 Å². The van der Waals surface area contributed by atoms with Crippen LogP contribution >= 0.6 is 11.3 Å². The summed E-state index contributed by atoms with van der Waals surface area (Å²) in [4.78, 5) is 29.0. The maximum Gasteiger partial charge on any atom is 0.416 e. The maximum atomic E-state index is 13.0. The Hall–Kier alpha value is -3.14. The highest BCUT2D eigenvalue weighted by molar-refractivity contribution is 7.16. The molecule has 0 radical (unpaired) electrons. The fraction of sp³-hybridized carbons (Fsp3) is 0.286. The van der Waals surface area contributed by atoms with Crippen LogP contribution in [-0.2, 0) is 22.3 Å². The summed E-state index contributed by atoms with van der Waals surface area (Å²) in [5.74, 6) is -0.900. The molecule has 0 saturated heterocycles. The molecule has 0 unspecified atom stereocenters. The van der Waals surface area contributed by atoms with Gasteiger partial charge in [-0.15, -0.1) is 0 Å². The van der Waals surface area contributed by atoms with Gasteiger partial charge in [-0.2, -0.15) is 18.2 Å². The number of ether oxygens (including phenoxy) is 2. The maximum absolute atomic E-state index is 13.0. The van der Waals surface area contributed by atoms with Crippen LogP contribution in [0.4, 0.5) is 13.2 Å².